The predicted octanol–water partition coefficient (Wildman–Crippen LogP) is 2.75. The molecule has 0 spiro atoms. The highest BCUT2D eigenvalue weighted by Crippen LogP contribution is 2.17. The zero-order valence-electron chi connectivity index (χ0n) is 11.1. The fourth-order valence-corrected chi connectivity index (χ4v) is 1.87. The van der Waals surface area contributed by atoms with E-state index in [-0.39, 0.29) is 5.92 Å². The summed E-state index contributed by atoms with van der Waals surface area (Å²) < 4.78 is 1.86. The lowest BCUT2D eigenvalue weighted by Crippen LogP contribution is -2.19. The van der Waals surface area contributed by atoms with Crippen LogP contribution in [0, 0.1) is 11.8 Å². The first kappa shape index (κ1) is 13.7. The minimum atomic E-state index is -0.724. The third kappa shape index (κ3) is 4.21. The van der Waals surface area contributed by atoms with Gasteiger partial charge in [0.25, 0.3) is 0 Å². The van der Waals surface area contributed by atoms with E-state index in [0.29, 0.717) is 24.8 Å². The van der Waals surface area contributed by atoms with Crippen LogP contribution in [0.3, 0.4) is 0 Å². The molecule has 0 fully saturated rings. The number of nitrogens with zero attached hydrogens (tertiary/aromatic N) is 2. The molecule has 0 amide bonds. The Bertz CT molecular complexity index is 369. The maximum Gasteiger partial charge on any atom is 0.306 e. The van der Waals surface area contributed by atoms with Crippen LogP contribution in [0.15, 0.2) is 12.3 Å². The van der Waals surface area contributed by atoms with Crippen LogP contribution in [0.4, 0.5) is 0 Å². The van der Waals surface area contributed by atoms with Gasteiger partial charge in [-0.15, -0.1) is 0 Å². The van der Waals surface area contributed by atoms with Crippen LogP contribution in [0.2, 0.25) is 0 Å². The third-order valence-corrected chi connectivity index (χ3v) is 2.75. The van der Waals surface area contributed by atoms with E-state index in [4.69, 9.17) is 5.11 Å². The van der Waals surface area contributed by atoms with E-state index >= 15 is 0 Å². The average molecular weight is 238 g/mol. The van der Waals surface area contributed by atoms with Crippen molar-refractivity contribution >= 4 is 5.97 Å². The molecule has 1 aromatic heterocycles. The largest absolute Gasteiger partial charge is 0.481 e. The lowest BCUT2D eigenvalue weighted by molar-refractivity contribution is -0.142. The fraction of sp³-hybridized carbons (Fsp3) is 0.692. The van der Waals surface area contributed by atoms with Gasteiger partial charge in [-0.2, -0.15) is 5.10 Å². The molecule has 0 aromatic carbocycles. The third-order valence-electron chi connectivity index (χ3n) is 2.75. The van der Waals surface area contributed by atoms with Crippen LogP contribution in [0.1, 0.15) is 45.9 Å². The van der Waals surface area contributed by atoms with Gasteiger partial charge in [-0.1, -0.05) is 13.8 Å². The van der Waals surface area contributed by atoms with E-state index in [9.17, 15) is 4.79 Å². The predicted molar refractivity (Wildman–Crippen MR) is 66.9 cm³/mol. The lowest BCUT2D eigenvalue weighted by atomic mass is 9.93. The molecule has 1 N–H and O–H groups in total. The van der Waals surface area contributed by atoms with E-state index < -0.39 is 5.97 Å². The summed E-state index contributed by atoms with van der Waals surface area (Å²) in [6, 6.07) is 2.23. The molecule has 0 aliphatic rings. The van der Waals surface area contributed by atoms with Crippen molar-refractivity contribution in [1.82, 2.24) is 9.78 Å². The fourth-order valence-electron chi connectivity index (χ4n) is 1.87. The van der Waals surface area contributed by atoms with Crippen molar-refractivity contribution < 1.29 is 9.90 Å². The zero-order chi connectivity index (χ0) is 13.0. The van der Waals surface area contributed by atoms with Crippen molar-refractivity contribution in [2.45, 2.75) is 46.6 Å². The monoisotopic (exact) mass is 238 g/mol. The second-order valence-corrected chi connectivity index (χ2v) is 5.25. The van der Waals surface area contributed by atoms with Gasteiger partial charge in [-0.3, -0.25) is 9.48 Å². The zero-order valence-corrected chi connectivity index (χ0v) is 11.1. The van der Waals surface area contributed by atoms with E-state index in [0.717, 1.165) is 5.69 Å². The number of carbonyl (C=O) groups is 1. The Morgan fingerprint density at radius 3 is 2.47 bits per heavy atom. The quantitative estimate of drug-likeness (QED) is 0.829. The number of carboxylic acids is 1. The van der Waals surface area contributed by atoms with Gasteiger partial charge < -0.3 is 5.11 Å². The Kier molecular flexibility index (Phi) is 4.73. The van der Waals surface area contributed by atoms with Gasteiger partial charge in [0.05, 0.1) is 11.6 Å². The summed E-state index contributed by atoms with van der Waals surface area (Å²) in [5, 5.41) is 13.6. The number of aliphatic carboxylic acids is 1. The summed E-state index contributed by atoms with van der Waals surface area (Å²) in [6.07, 6.45) is 3.13. The topological polar surface area (TPSA) is 55.1 Å². The molecule has 1 atom stereocenters. The van der Waals surface area contributed by atoms with Crippen molar-refractivity contribution in [3.05, 3.63) is 18.0 Å². The molecule has 0 saturated heterocycles. The second kappa shape index (κ2) is 5.84. The maximum atomic E-state index is 11.1. The molecular weight excluding hydrogens is 216 g/mol. The Labute approximate surface area is 103 Å². The molecule has 17 heavy (non-hydrogen) atoms. The Morgan fingerprint density at radius 1 is 1.41 bits per heavy atom. The smallest absolute Gasteiger partial charge is 0.306 e. The van der Waals surface area contributed by atoms with E-state index in [1.54, 1.807) is 0 Å². The first-order valence-corrected chi connectivity index (χ1v) is 6.17. The van der Waals surface area contributed by atoms with Crippen LogP contribution >= 0.6 is 0 Å². The molecule has 1 aromatic rings. The SMILES string of the molecule is CC(C)CC(Cc1ccn(C(C)C)n1)C(=O)O. The Balaban J connectivity index is 2.68. The van der Waals surface area contributed by atoms with Crippen molar-refractivity contribution in [3.8, 4) is 0 Å². The molecule has 0 aliphatic carbocycles. The standard InChI is InChI=1S/C13H22N2O2/c1-9(2)7-11(13(16)17)8-12-5-6-15(14-12)10(3)4/h5-6,9-11H,7-8H2,1-4H3,(H,16,17). The van der Waals surface area contributed by atoms with Gasteiger partial charge in [-0.25, -0.2) is 0 Å². The van der Waals surface area contributed by atoms with Crippen LogP contribution in [-0.2, 0) is 11.2 Å². The summed E-state index contributed by atoms with van der Waals surface area (Å²) >= 11 is 0. The van der Waals surface area contributed by atoms with E-state index in [1.807, 2.05) is 30.8 Å². The average Bonchev–Trinajstić information content (AvgIpc) is 2.64. The van der Waals surface area contributed by atoms with Crippen LogP contribution in [0.25, 0.3) is 0 Å². The molecule has 4 heteroatoms. The molecule has 96 valence electrons. The van der Waals surface area contributed by atoms with Gasteiger partial charge in [0.2, 0.25) is 0 Å². The maximum absolute atomic E-state index is 11.1. The van der Waals surface area contributed by atoms with Gasteiger partial charge >= 0.3 is 5.97 Å². The number of rotatable bonds is 6. The minimum Gasteiger partial charge on any atom is -0.481 e. The summed E-state index contributed by atoms with van der Waals surface area (Å²) in [7, 11) is 0. The molecule has 0 bridgehead atoms. The molecule has 0 aliphatic heterocycles. The number of aromatic nitrogens is 2. The van der Waals surface area contributed by atoms with Crippen molar-refractivity contribution in [2.24, 2.45) is 11.8 Å². The van der Waals surface area contributed by atoms with Crippen molar-refractivity contribution in [2.75, 3.05) is 0 Å². The molecular formula is C13H22N2O2. The molecule has 0 radical (unpaired) electrons. The molecule has 1 unspecified atom stereocenters. The van der Waals surface area contributed by atoms with Gasteiger partial charge in [0.1, 0.15) is 0 Å². The summed E-state index contributed by atoms with van der Waals surface area (Å²) in [5.41, 5.74) is 0.867. The van der Waals surface area contributed by atoms with Gasteiger partial charge in [0.15, 0.2) is 0 Å². The van der Waals surface area contributed by atoms with Crippen LogP contribution in [-0.4, -0.2) is 20.9 Å². The highest BCUT2D eigenvalue weighted by Gasteiger charge is 2.20. The molecule has 1 heterocycles. The summed E-state index contributed by atoms with van der Waals surface area (Å²) in [5.74, 6) is -0.661. The first-order valence-electron chi connectivity index (χ1n) is 6.17. The van der Waals surface area contributed by atoms with E-state index in [2.05, 4.69) is 18.9 Å². The minimum absolute atomic E-state index is 0.317. The van der Waals surface area contributed by atoms with Gasteiger partial charge in [-0.05, 0) is 32.3 Å². The molecule has 4 nitrogen and oxygen atoms in total. The van der Waals surface area contributed by atoms with Crippen molar-refractivity contribution in [3.63, 3.8) is 0 Å². The van der Waals surface area contributed by atoms with Crippen LogP contribution in [0.5, 0.6) is 0 Å². The molecule has 0 saturated carbocycles. The summed E-state index contributed by atoms with van der Waals surface area (Å²) in [4.78, 5) is 11.1. The Hall–Kier alpha value is -1.32. The number of carboxylic acid groups (broad SMARTS) is 1. The van der Waals surface area contributed by atoms with E-state index in [1.165, 1.54) is 0 Å². The highest BCUT2D eigenvalue weighted by atomic mass is 16.4. The Morgan fingerprint density at radius 2 is 2.06 bits per heavy atom. The first-order chi connectivity index (χ1) is 7.90. The molecule has 1 rings (SSSR count). The van der Waals surface area contributed by atoms with Gasteiger partial charge in [0, 0.05) is 18.7 Å². The van der Waals surface area contributed by atoms with Crippen LogP contribution < -0.4 is 0 Å². The highest BCUT2D eigenvalue weighted by molar-refractivity contribution is 5.70. The normalized spacial score (nSPS) is 13.3. The lowest BCUT2D eigenvalue weighted by Gasteiger charge is -2.13. The number of hydrogen-bond acceptors (Lipinski definition) is 2. The second-order valence-electron chi connectivity index (χ2n) is 5.25. The number of hydrogen-bond donors (Lipinski definition) is 1. The summed E-state index contributed by atoms with van der Waals surface area (Å²) in [6.45, 7) is 8.20. The van der Waals surface area contributed by atoms with Crippen molar-refractivity contribution in [1.29, 1.82) is 0 Å².